The van der Waals surface area contributed by atoms with Crippen molar-refractivity contribution in [2.24, 2.45) is 0 Å². The van der Waals surface area contributed by atoms with Crippen molar-refractivity contribution in [3.05, 3.63) is 94.1 Å². The molecule has 188 valence electrons. The van der Waals surface area contributed by atoms with E-state index in [9.17, 15) is 21.6 Å². The quantitative estimate of drug-likeness (QED) is 0.466. The van der Waals surface area contributed by atoms with E-state index >= 15 is 4.39 Å². The molecule has 0 aliphatic carbocycles. The van der Waals surface area contributed by atoms with Crippen LogP contribution in [0.25, 0.3) is 17.2 Å². The Morgan fingerprint density at radius 2 is 1.72 bits per heavy atom. The molecule has 0 radical (unpaired) electrons. The molecule has 11 heteroatoms. The van der Waals surface area contributed by atoms with Gasteiger partial charge in [-0.1, -0.05) is 54.1 Å². The van der Waals surface area contributed by atoms with Gasteiger partial charge in [0.15, 0.2) is 9.84 Å². The number of halogens is 2. The number of carbonyl (C=O) groups is 1. The predicted molar refractivity (Wildman–Crippen MR) is 137 cm³/mol. The molecule has 1 aliphatic rings. The zero-order valence-electron chi connectivity index (χ0n) is 19.0. The number of sulfonamides is 1. The molecule has 7 nitrogen and oxygen atoms in total. The molecule has 0 unspecified atom stereocenters. The monoisotopic (exact) mass is 548 g/mol. The van der Waals surface area contributed by atoms with Crippen LogP contribution in [0.2, 0.25) is 5.02 Å². The summed E-state index contributed by atoms with van der Waals surface area (Å²) in [6, 6.07) is 16.5. The minimum Gasteiger partial charge on any atom is -0.354 e. The molecular formula is C25H22ClFN2O5S2. The molecule has 1 atom stereocenters. The van der Waals surface area contributed by atoms with E-state index in [4.69, 9.17) is 11.6 Å². The average molecular weight is 549 g/mol. The molecule has 36 heavy (non-hydrogen) atoms. The lowest BCUT2D eigenvalue weighted by Crippen LogP contribution is -2.50. The first-order valence-corrected chi connectivity index (χ1v) is 14.6. The third-order valence-corrected chi connectivity index (χ3v) is 8.36. The zero-order valence-corrected chi connectivity index (χ0v) is 21.4. The van der Waals surface area contributed by atoms with Crippen molar-refractivity contribution in [3.8, 4) is 11.1 Å². The summed E-state index contributed by atoms with van der Waals surface area (Å²) in [6.45, 7) is 0.139. The van der Waals surface area contributed by atoms with Crippen LogP contribution in [0.15, 0.2) is 77.0 Å². The number of rotatable bonds is 7. The summed E-state index contributed by atoms with van der Waals surface area (Å²) < 4.78 is 68.1. The van der Waals surface area contributed by atoms with Crippen molar-refractivity contribution in [2.75, 3.05) is 12.8 Å². The van der Waals surface area contributed by atoms with Crippen LogP contribution < -0.4 is 10.0 Å². The molecule has 2 N–H and O–H groups in total. The van der Waals surface area contributed by atoms with Crippen molar-refractivity contribution in [1.29, 1.82) is 0 Å². The molecule has 1 saturated heterocycles. The molecule has 1 fully saturated rings. The lowest BCUT2D eigenvalue weighted by molar-refractivity contribution is -0.124. The van der Waals surface area contributed by atoms with Gasteiger partial charge in [0.1, 0.15) is 11.4 Å². The highest BCUT2D eigenvalue weighted by Crippen LogP contribution is 2.35. The van der Waals surface area contributed by atoms with Gasteiger partial charge in [-0.3, -0.25) is 4.79 Å². The number of benzene rings is 3. The van der Waals surface area contributed by atoms with E-state index in [-0.39, 0.29) is 29.0 Å². The summed E-state index contributed by atoms with van der Waals surface area (Å²) >= 11 is 5.85. The summed E-state index contributed by atoms with van der Waals surface area (Å²) in [6.07, 6.45) is 2.37. The Morgan fingerprint density at radius 1 is 1.03 bits per heavy atom. The van der Waals surface area contributed by atoms with Crippen LogP contribution in [-0.4, -0.2) is 35.5 Å². The lowest BCUT2D eigenvalue weighted by Gasteiger charge is -2.27. The van der Waals surface area contributed by atoms with E-state index in [1.165, 1.54) is 24.3 Å². The molecule has 0 saturated carbocycles. The van der Waals surface area contributed by atoms with E-state index in [1.54, 1.807) is 42.5 Å². The Bertz CT molecular complexity index is 1570. The van der Waals surface area contributed by atoms with E-state index in [2.05, 4.69) is 10.0 Å². The summed E-state index contributed by atoms with van der Waals surface area (Å²) in [5, 5.41) is 3.96. The standard InChI is InChI=1S/C25H22ClFN2O5S2/c1-35(31,32)23-5-3-2-4-20(23)18-8-11-21(22(27)16-18)25(13-14-28-24(25)30)29-36(33,34)15-12-17-6-9-19(26)10-7-17/h2-12,15-16,29H,13-14H2,1H3,(H,28,30)/b15-12+/t25-/m0/s1. The SMILES string of the molecule is CS(=O)(=O)c1ccccc1-c1ccc([C@@]2(NS(=O)(=O)/C=C/c3ccc(Cl)cc3)CCNC2=O)c(F)c1. The first-order valence-electron chi connectivity index (χ1n) is 10.8. The van der Waals surface area contributed by atoms with Crippen molar-refractivity contribution < 1.29 is 26.0 Å². The first-order chi connectivity index (χ1) is 16.9. The Hall–Kier alpha value is -3.05. The second-order valence-electron chi connectivity index (χ2n) is 8.38. The van der Waals surface area contributed by atoms with Gasteiger partial charge in [-0.2, -0.15) is 4.72 Å². The lowest BCUT2D eigenvalue weighted by atomic mass is 9.87. The summed E-state index contributed by atoms with van der Waals surface area (Å²) in [5.74, 6) is -1.54. The predicted octanol–water partition coefficient (Wildman–Crippen LogP) is 3.86. The highest BCUT2D eigenvalue weighted by molar-refractivity contribution is 7.92. The molecule has 1 aliphatic heterocycles. The van der Waals surface area contributed by atoms with Crippen molar-refractivity contribution >= 4 is 43.4 Å². The maximum absolute atomic E-state index is 15.5. The van der Waals surface area contributed by atoms with Crippen LogP contribution in [0.4, 0.5) is 4.39 Å². The molecule has 3 aromatic carbocycles. The zero-order chi connectivity index (χ0) is 26.1. The second kappa shape index (κ2) is 9.78. The second-order valence-corrected chi connectivity index (χ2v) is 12.4. The molecular weight excluding hydrogens is 527 g/mol. The normalized spacial score (nSPS) is 18.5. The number of amides is 1. The summed E-state index contributed by atoms with van der Waals surface area (Å²) in [4.78, 5) is 12.9. The highest BCUT2D eigenvalue weighted by atomic mass is 35.5. The number of nitrogens with one attached hydrogen (secondary N) is 2. The number of carbonyl (C=O) groups excluding carboxylic acids is 1. The largest absolute Gasteiger partial charge is 0.354 e. The summed E-state index contributed by atoms with van der Waals surface area (Å²) in [5.41, 5.74) is -0.906. The molecule has 0 bridgehead atoms. The van der Waals surface area contributed by atoms with Gasteiger partial charge in [0.25, 0.3) is 0 Å². The summed E-state index contributed by atoms with van der Waals surface area (Å²) in [7, 11) is -7.78. The molecule has 1 amide bonds. The minimum atomic E-state index is -4.19. The van der Waals surface area contributed by atoms with Gasteiger partial charge in [0.2, 0.25) is 15.9 Å². The maximum Gasteiger partial charge on any atom is 0.246 e. The van der Waals surface area contributed by atoms with Crippen LogP contribution in [0.1, 0.15) is 17.5 Å². The Labute approximate surface area is 214 Å². The van der Waals surface area contributed by atoms with Crippen molar-refractivity contribution in [2.45, 2.75) is 16.9 Å². The van der Waals surface area contributed by atoms with Crippen LogP contribution in [0.3, 0.4) is 0 Å². The first kappa shape index (κ1) is 26.0. The van der Waals surface area contributed by atoms with Crippen molar-refractivity contribution in [1.82, 2.24) is 10.0 Å². The topological polar surface area (TPSA) is 109 Å². The van der Waals surface area contributed by atoms with Crippen LogP contribution >= 0.6 is 11.6 Å². The van der Waals surface area contributed by atoms with Crippen LogP contribution in [0, 0.1) is 5.82 Å². The van der Waals surface area contributed by atoms with Crippen LogP contribution in [0.5, 0.6) is 0 Å². The van der Waals surface area contributed by atoms with Crippen molar-refractivity contribution in [3.63, 3.8) is 0 Å². The number of hydrogen-bond acceptors (Lipinski definition) is 5. The third kappa shape index (κ3) is 5.36. The highest BCUT2D eigenvalue weighted by Gasteiger charge is 2.48. The van der Waals surface area contributed by atoms with E-state index < -0.39 is 37.1 Å². The smallest absolute Gasteiger partial charge is 0.246 e. The van der Waals surface area contributed by atoms with Gasteiger partial charge in [-0.05, 0) is 47.9 Å². The fourth-order valence-electron chi connectivity index (χ4n) is 4.11. The van der Waals surface area contributed by atoms with E-state index in [0.29, 0.717) is 16.1 Å². The molecule has 0 spiro atoms. The van der Waals surface area contributed by atoms with Gasteiger partial charge in [0, 0.05) is 34.4 Å². The number of sulfone groups is 1. The van der Waals surface area contributed by atoms with E-state index in [1.807, 2.05) is 0 Å². The fraction of sp³-hybridized carbons (Fsp3) is 0.160. The average Bonchev–Trinajstić information content (AvgIpc) is 3.18. The number of hydrogen-bond donors (Lipinski definition) is 2. The van der Waals surface area contributed by atoms with Gasteiger partial charge >= 0.3 is 0 Å². The molecule has 4 rings (SSSR count). The third-order valence-electron chi connectivity index (χ3n) is 5.83. The molecule has 0 aromatic heterocycles. The Morgan fingerprint density at radius 3 is 2.33 bits per heavy atom. The van der Waals surface area contributed by atoms with Gasteiger partial charge in [-0.25, -0.2) is 21.2 Å². The Balaban J connectivity index is 1.72. The minimum absolute atomic E-state index is 0.0178. The van der Waals surface area contributed by atoms with Crippen LogP contribution in [-0.2, 0) is 30.2 Å². The van der Waals surface area contributed by atoms with Gasteiger partial charge in [-0.15, -0.1) is 0 Å². The maximum atomic E-state index is 15.5. The van der Waals surface area contributed by atoms with Gasteiger partial charge in [0.05, 0.1) is 4.90 Å². The Kier molecular flexibility index (Phi) is 7.07. The molecule has 3 aromatic rings. The van der Waals surface area contributed by atoms with E-state index in [0.717, 1.165) is 17.7 Å². The molecule has 1 heterocycles. The fourth-order valence-corrected chi connectivity index (χ4v) is 6.35. The van der Waals surface area contributed by atoms with Gasteiger partial charge < -0.3 is 5.32 Å².